The van der Waals surface area contributed by atoms with Crippen molar-refractivity contribution in [3.05, 3.63) is 47.3 Å². The van der Waals surface area contributed by atoms with Gasteiger partial charge in [-0.3, -0.25) is 4.65 Å². The predicted octanol–water partition coefficient (Wildman–Crippen LogP) is 1.22. The van der Waals surface area contributed by atoms with Gasteiger partial charge in [0, 0.05) is 13.0 Å². The van der Waals surface area contributed by atoms with E-state index in [0.717, 1.165) is 0 Å². The van der Waals surface area contributed by atoms with Gasteiger partial charge >= 0.3 is 0 Å². The van der Waals surface area contributed by atoms with Gasteiger partial charge < -0.3 is 15.4 Å². The van der Waals surface area contributed by atoms with E-state index in [4.69, 9.17) is 5.11 Å². The number of benzene rings is 1. The fourth-order valence-electron chi connectivity index (χ4n) is 1.63. The van der Waals surface area contributed by atoms with Gasteiger partial charge in [0.25, 0.3) is 0 Å². The fraction of sp³-hybridized carbons (Fsp3) is 0.273. The fourth-order valence-corrected chi connectivity index (χ4v) is 1.63. The summed E-state index contributed by atoms with van der Waals surface area (Å²) in [5, 5.41) is 30.9. The second kappa shape index (κ2) is 3.15. The van der Waals surface area contributed by atoms with E-state index >= 15 is 0 Å². The van der Waals surface area contributed by atoms with Crippen LogP contribution in [0.4, 0.5) is 5.69 Å². The van der Waals surface area contributed by atoms with Crippen LogP contribution < -0.4 is 4.65 Å². The first kappa shape index (κ1) is 10.3. The maximum atomic E-state index is 12.2. The van der Waals surface area contributed by atoms with Crippen molar-refractivity contribution < 1.29 is 10.2 Å². The van der Waals surface area contributed by atoms with Crippen LogP contribution in [-0.4, -0.2) is 15.9 Å². The van der Waals surface area contributed by atoms with Crippen molar-refractivity contribution in [3.8, 4) is 0 Å². The van der Waals surface area contributed by atoms with Crippen molar-refractivity contribution in [3.63, 3.8) is 0 Å². The zero-order chi connectivity index (χ0) is 11.1. The second-order valence-corrected chi connectivity index (χ2v) is 3.90. The average Bonchev–Trinajstić information content (AvgIpc) is 2.26. The van der Waals surface area contributed by atoms with Crippen LogP contribution in [0.3, 0.4) is 0 Å². The second-order valence-electron chi connectivity index (χ2n) is 3.90. The lowest BCUT2D eigenvalue weighted by Crippen LogP contribution is -2.62. The summed E-state index contributed by atoms with van der Waals surface area (Å²) in [5.74, 6) is 0. The highest BCUT2D eigenvalue weighted by molar-refractivity contribution is 5.54. The third-order valence-electron chi connectivity index (χ3n) is 2.75. The van der Waals surface area contributed by atoms with Gasteiger partial charge in [0.1, 0.15) is 11.9 Å². The van der Waals surface area contributed by atoms with E-state index in [-0.39, 0.29) is 6.61 Å². The molecular weight excluding hydrogens is 194 g/mol. The van der Waals surface area contributed by atoms with Gasteiger partial charge in [-0.25, -0.2) is 0 Å². The van der Waals surface area contributed by atoms with E-state index in [1.165, 1.54) is 19.2 Å². The zero-order valence-electron chi connectivity index (χ0n) is 8.42. The third-order valence-corrected chi connectivity index (χ3v) is 2.75. The standard InChI is InChI=1S/C11H13NO3/c1-11(14)5-6-12(11,15)10-4-2-3-9(7-10)8-13/h2-7,13-14H,8H2,1H3. The summed E-state index contributed by atoms with van der Waals surface area (Å²) in [6, 6.07) is 6.67. The van der Waals surface area contributed by atoms with Crippen LogP contribution in [0, 0.1) is 5.21 Å². The molecule has 0 aliphatic carbocycles. The molecule has 1 heterocycles. The van der Waals surface area contributed by atoms with Crippen molar-refractivity contribution >= 4 is 5.69 Å². The van der Waals surface area contributed by atoms with Gasteiger partial charge in [0.15, 0.2) is 0 Å². The Hall–Kier alpha value is -1.20. The van der Waals surface area contributed by atoms with Crippen molar-refractivity contribution in [1.82, 2.24) is 4.65 Å². The van der Waals surface area contributed by atoms with Gasteiger partial charge in [0.05, 0.1) is 12.7 Å². The lowest BCUT2D eigenvalue weighted by atomic mass is 10.0. The monoisotopic (exact) mass is 207 g/mol. The molecule has 1 aromatic rings. The molecular formula is C11H13NO3. The molecule has 2 unspecified atom stereocenters. The molecule has 0 amide bonds. The van der Waals surface area contributed by atoms with E-state index in [1.54, 1.807) is 24.3 Å². The molecule has 2 atom stereocenters. The molecule has 1 aromatic carbocycles. The van der Waals surface area contributed by atoms with Crippen LogP contribution in [-0.2, 0) is 6.61 Å². The zero-order valence-corrected chi connectivity index (χ0v) is 8.42. The molecule has 0 fully saturated rings. The molecule has 4 nitrogen and oxygen atoms in total. The lowest BCUT2D eigenvalue weighted by molar-refractivity contribution is -0.0171. The molecule has 1 aliphatic heterocycles. The van der Waals surface area contributed by atoms with Crippen molar-refractivity contribution in [2.45, 2.75) is 19.3 Å². The first-order chi connectivity index (χ1) is 6.99. The Bertz CT molecular complexity index is 414. The number of hydroxylamine groups is 2. The van der Waals surface area contributed by atoms with Crippen molar-refractivity contribution in [2.24, 2.45) is 0 Å². The summed E-state index contributed by atoms with van der Waals surface area (Å²) in [6.07, 6.45) is 2.85. The highest BCUT2D eigenvalue weighted by atomic mass is 16.6. The molecule has 0 spiro atoms. The predicted molar refractivity (Wildman–Crippen MR) is 57.3 cm³/mol. The number of nitrogens with zero attached hydrogens (tertiary/aromatic N) is 1. The minimum absolute atomic E-state index is 0.111. The number of hydrogen-bond acceptors (Lipinski definition) is 3. The minimum atomic E-state index is -1.41. The molecule has 15 heavy (non-hydrogen) atoms. The topological polar surface area (TPSA) is 63.5 Å². The summed E-state index contributed by atoms with van der Waals surface area (Å²) in [7, 11) is 0. The molecule has 4 heteroatoms. The summed E-state index contributed by atoms with van der Waals surface area (Å²) in [4.78, 5) is 0. The first-order valence-electron chi connectivity index (χ1n) is 4.72. The third kappa shape index (κ3) is 1.39. The van der Waals surface area contributed by atoms with Gasteiger partial charge in [-0.05, 0) is 11.6 Å². The molecule has 0 saturated carbocycles. The SMILES string of the molecule is CC1(O)C=C[N+]1([O-])c1cccc(CO)c1. The molecule has 0 bridgehead atoms. The summed E-state index contributed by atoms with van der Waals surface area (Å²) >= 11 is 0. The lowest BCUT2D eigenvalue weighted by Gasteiger charge is -2.52. The first-order valence-corrected chi connectivity index (χ1v) is 4.72. The number of quaternary nitrogens is 1. The average molecular weight is 207 g/mol. The van der Waals surface area contributed by atoms with Crippen molar-refractivity contribution in [2.75, 3.05) is 0 Å². The van der Waals surface area contributed by atoms with E-state index in [2.05, 4.69) is 0 Å². The number of aliphatic hydroxyl groups is 2. The van der Waals surface area contributed by atoms with E-state index in [1.807, 2.05) is 0 Å². The van der Waals surface area contributed by atoms with Gasteiger partial charge in [-0.2, -0.15) is 0 Å². The highest BCUT2D eigenvalue weighted by Gasteiger charge is 2.45. The van der Waals surface area contributed by atoms with Crippen LogP contribution in [0.15, 0.2) is 36.5 Å². The Morgan fingerprint density at radius 2 is 2.20 bits per heavy atom. The molecule has 0 radical (unpaired) electrons. The molecule has 80 valence electrons. The Balaban J connectivity index is 2.43. The summed E-state index contributed by atoms with van der Waals surface area (Å²) in [5.41, 5.74) is -0.320. The Kier molecular flexibility index (Phi) is 2.17. The molecule has 0 aromatic heterocycles. The molecule has 2 N–H and O–H groups in total. The molecule has 1 aliphatic rings. The summed E-state index contributed by atoms with van der Waals surface area (Å²) < 4.78 is -0.888. The maximum Gasteiger partial charge on any atom is 0.231 e. The molecule has 0 saturated heterocycles. The van der Waals surface area contributed by atoms with Crippen LogP contribution in [0.5, 0.6) is 0 Å². The van der Waals surface area contributed by atoms with E-state index in [0.29, 0.717) is 11.3 Å². The number of hydrogen-bond donors (Lipinski definition) is 2. The van der Waals surface area contributed by atoms with Crippen LogP contribution in [0.25, 0.3) is 0 Å². The number of rotatable bonds is 2. The van der Waals surface area contributed by atoms with Gasteiger partial charge in [-0.1, -0.05) is 12.1 Å². The maximum absolute atomic E-state index is 12.2. The largest absolute Gasteiger partial charge is 0.620 e. The van der Waals surface area contributed by atoms with E-state index < -0.39 is 10.4 Å². The smallest absolute Gasteiger partial charge is 0.231 e. The van der Waals surface area contributed by atoms with Gasteiger partial charge in [0.2, 0.25) is 5.72 Å². The van der Waals surface area contributed by atoms with Crippen LogP contribution in [0.1, 0.15) is 12.5 Å². The normalized spacial score (nSPS) is 33.9. The van der Waals surface area contributed by atoms with Crippen LogP contribution in [0.2, 0.25) is 0 Å². The highest BCUT2D eigenvalue weighted by Crippen LogP contribution is 2.39. The quantitative estimate of drug-likeness (QED) is 0.566. The minimum Gasteiger partial charge on any atom is -0.620 e. The van der Waals surface area contributed by atoms with Crippen molar-refractivity contribution in [1.29, 1.82) is 0 Å². The Morgan fingerprint density at radius 1 is 1.47 bits per heavy atom. The number of aliphatic hydroxyl groups excluding tert-OH is 1. The summed E-state index contributed by atoms with van der Waals surface area (Å²) in [6.45, 7) is 1.35. The van der Waals surface area contributed by atoms with Gasteiger partial charge in [-0.15, -0.1) is 0 Å². The molecule has 2 rings (SSSR count). The Morgan fingerprint density at radius 3 is 2.67 bits per heavy atom. The Labute approximate surface area is 87.9 Å². The van der Waals surface area contributed by atoms with E-state index in [9.17, 15) is 10.3 Å². The van der Waals surface area contributed by atoms with Crippen LogP contribution >= 0.6 is 0 Å².